The largest absolute Gasteiger partial charge is 0.367 e. The maximum Gasteiger partial charge on any atom is 0.129 e. The van der Waals surface area contributed by atoms with E-state index < -0.39 is 7.92 Å². The first-order valence-corrected chi connectivity index (χ1v) is 13.0. The second-order valence-electron chi connectivity index (χ2n) is 8.09. The molecule has 0 amide bonds. The van der Waals surface area contributed by atoms with Crippen LogP contribution in [0.5, 0.6) is 0 Å². The highest BCUT2D eigenvalue weighted by Crippen LogP contribution is 2.56. The summed E-state index contributed by atoms with van der Waals surface area (Å²) in [4.78, 5) is 5.24. The molecule has 3 rings (SSSR count). The van der Waals surface area contributed by atoms with Crippen LogP contribution in [0, 0.1) is 0 Å². The molecule has 0 saturated heterocycles. The van der Waals surface area contributed by atoms with Gasteiger partial charge in [-0.1, -0.05) is 93.0 Å². The average molecular weight is 421 g/mol. The summed E-state index contributed by atoms with van der Waals surface area (Å²) >= 11 is 0. The van der Waals surface area contributed by atoms with Crippen molar-refractivity contribution in [2.75, 3.05) is 0 Å². The fraction of sp³-hybridized carbons (Fsp3) is 0.444. The van der Waals surface area contributed by atoms with E-state index >= 15 is 0 Å². The molecule has 0 bridgehead atoms. The van der Waals surface area contributed by atoms with Crippen molar-refractivity contribution in [3.63, 3.8) is 0 Å². The lowest BCUT2D eigenvalue weighted by molar-refractivity contribution is 0.414. The summed E-state index contributed by atoms with van der Waals surface area (Å²) in [5.74, 6) is 0. The van der Waals surface area contributed by atoms with Gasteiger partial charge in [0, 0.05) is 14.0 Å². The van der Waals surface area contributed by atoms with Crippen molar-refractivity contribution in [3.05, 3.63) is 83.0 Å². The van der Waals surface area contributed by atoms with E-state index in [9.17, 15) is 0 Å². The molecular formula is C27H37N2P. The molecule has 0 heterocycles. The lowest BCUT2D eigenvalue weighted by Crippen LogP contribution is -2.35. The van der Waals surface area contributed by atoms with Gasteiger partial charge >= 0.3 is 0 Å². The number of rotatable bonds is 8. The summed E-state index contributed by atoms with van der Waals surface area (Å²) < 4.78 is 0. The van der Waals surface area contributed by atoms with E-state index in [1.807, 2.05) is 0 Å². The Morgan fingerprint density at radius 2 is 1.97 bits per heavy atom. The van der Waals surface area contributed by atoms with Crippen LogP contribution in [0.3, 0.4) is 0 Å². The van der Waals surface area contributed by atoms with Crippen LogP contribution in [-0.4, -0.2) is 11.6 Å². The molecule has 1 N–H and O–H groups in total. The monoisotopic (exact) mass is 420 g/mol. The first-order valence-electron chi connectivity index (χ1n) is 11.7. The number of aliphatic imine (C=N–C) groups is 1. The van der Waals surface area contributed by atoms with Gasteiger partial charge in [-0.05, 0) is 55.2 Å². The lowest BCUT2D eigenvalue weighted by atomic mass is 9.96. The minimum atomic E-state index is -0.615. The van der Waals surface area contributed by atoms with Gasteiger partial charge in [0.15, 0.2) is 0 Å². The van der Waals surface area contributed by atoms with Gasteiger partial charge in [0.2, 0.25) is 0 Å². The van der Waals surface area contributed by atoms with E-state index in [0.29, 0.717) is 6.04 Å². The summed E-state index contributed by atoms with van der Waals surface area (Å²) in [6.07, 6.45) is 23.7. The van der Waals surface area contributed by atoms with Crippen LogP contribution >= 0.6 is 7.92 Å². The Hall–Kier alpha value is -1.92. The Labute approximate surface area is 184 Å². The molecule has 0 aromatic heterocycles. The van der Waals surface area contributed by atoms with Gasteiger partial charge in [0.25, 0.3) is 0 Å². The molecule has 2 aliphatic carbocycles. The molecule has 0 spiro atoms. The van der Waals surface area contributed by atoms with Crippen molar-refractivity contribution >= 4 is 13.5 Å². The fourth-order valence-electron chi connectivity index (χ4n) is 4.10. The van der Waals surface area contributed by atoms with Crippen molar-refractivity contribution < 1.29 is 0 Å². The molecule has 30 heavy (non-hydrogen) atoms. The molecule has 0 aliphatic heterocycles. The zero-order valence-corrected chi connectivity index (χ0v) is 19.6. The summed E-state index contributed by atoms with van der Waals surface area (Å²) in [5, 5.41) is 6.91. The topological polar surface area (TPSA) is 24.4 Å². The molecule has 160 valence electrons. The third kappa shape index (κ3) is 6.81. The fourth-order valence-corrected chi connectivity index (χ4v) is 6.57. The molecule has 2 aliphatic rings. The number of amidine groups is 1. The Kier molecular flexibility index (Phi) is 9.64. The van der Waals surface area contributed by atoms with Crippen LogP contribution in [-0.2, 0) is 6.54 Å². The Morgan fingerprint density at radius 3 is 2.63 bits per heavy atom. The summed E-state index contributed by atoms with van der Waals surface area (Å²) in [6.45, 7) is 5.13. The molecule has 3 heteroatoms. The first-order chi connectivity index (χ1) is 14.8. The second kappa shape index (κ2) is 12.7. The Morgan fingerprint density at radius 1 is 1.17 bits per heavy atom. The van der Waals surface area contributed by atoms with E-state index in [-0.39, 0.29) is 0 Å². The molecule has 1 aromatic rings. The minimum absolute atomic E-state index is 0.561. The predicted molar refractivity (Wildman–Crippen MR) is 134 cm³/mol. The van der Waals surface area contributed by atoms with E-state index in [4.69, 9.17) is 4.99 Å². The SMILES string of the molecule is C/C=C(\C=C/CC)[P@@](C1=CC=CCC1)C(=NCc1ccccc1)NC1CCCCC1. The van der Waals surface area contributed by atoms with Crippen LogP contribution in [0.25, 0.3) is 0 Å². The van der Waals surface area contributed by atoms with Gasteiger partial charge in [-0.2, -0.15) is 0 Å². The molecule has 0 radical (unpaired) electrons. The Balaban J connectivity index is 1.96. The zero-order chi connectivity index (χ0) is 21.0. The molecular weight excluding hydrogens is 383 g/mol. The van der Waals surface area contributed by atoms with Gasteiger partial charge in [-0.3, -0.25) is 4.99 Å². The van der Waals surface area contributed by atoms with Gasteiger partial charge in [-0.25, -0.2) is 0 Å². The summed E-state index contributed by atoms with van der Waals surface area (Å²) in [6, 6.07) is 11.2. The third-order valence-corrected chi connectivity index (χ3v) is 8.33. The molecule has 1 atom stereocenters. The van der Waals surface area contributed by atoms with Crippen molar-refractivity contribution in [1.29, 1.82) is 0 Å². The molecule has 1 fully saturated rings. The number of nitrogens with zero attached hydrogens (tertiary/aromatic N) is 1. The lowest BCUT2D eigenvalue weighted by Gasteiger charge is -2.31. The number of hydrogen-bond acceptors (Lipinski definition) is 1. The predicted octanol–water partition coefficient (Wildman–Crippen LogP) is 8.05. The van der Waals surface area contributed by atoms with Gasteiger partial charge < -0.3 is 5.32 Å². The number of allylic oxidation sites excluding steroid dienone is 8. The van der Waals surface area contributed by atoms with Crippen molar-refractivity contribution in [1.82, 2.24) is 5.32 Å². The van der Waals surface area contributed by atoms with Crippen LogP contribution in [0.1, 0.15) is 70.8 Å². The highest BCUT2D eigenvalue weighted by atomic mass is 31.1. The van der Waals surface area contributed by atoms with E-state index in [1.165, 1.54) is 53.9 Å². The quantitative estimate of drug-likeness (QED) is 0.196. The average Bonchev–Trinajstić information content (AvgIpc) is 2.81. The van der Waals surface area contributed by atoms with E-state index in [2.05, 4.69) is 86.0 Å². The highest BCUT2D eigenvalue weighted by Gasteiger charge is 2.26. The van der Waals surface area contributed by atoms with Crippen LogP contribution in [0.2, 0.25) is 0 Å². The van der Waals surface area contributed by atoms with Gasteiger partial charge in [0.1, 0.15) is 5.58 Å². The van der Waals surface area contributed by atoms with Crippen molar-refractivity contribution in [3.8, 4) is 0 Å². The van der Waals surface area contributed by atoms with Crippen LogP contribution in [0.15, 0.2) is 82.4 Å². The standard InChI is InChI=1S/C27H37N2P/c1-3-5-19-25(4-2)30(26-20-13-8-14-21-26)27(29-24-17-11-7-12-18-24)28-22-23-15-9-6-10-16-23/h4-6,8-10,13,15-16,19-20,24H,3,7,11-12,14,17-18,21-22H2,1-2H3,(H,28,29)/b19-5-,25-4+/t30-/m0/s1. The molecule has 1 saturated carbocycles. The maximum atomic E-state index is 5.24. The summed E-state index contributed by atoms with van der Waals surface area (Å²) in [7, 11) is -0.615. The Bertz CT molecular complexity index is 795. The third-order valence-electron chi connectivity index (χ3n) is 5.76. The first kappa shape index (κ1) is 22.8. The minimum Gasteiger partial charge on any atom is -0.367 e. The van der Waals surface area contributed by atoms with E-state index in [1.54, 1.807) is 0 Å². The highest BCUT2D eigenvalue weighted by molar-refractivity contribution is 7.82. The zero-order valence-electron chi connectivity index (χ0n) is 18.7. The van der Waals surface area contributed by atoms with Crippen molar-refractivity contribution in [2.24, 2.45) is 4.99 Å². The molecule has 1 aromatic carbocycles. The smallest absolute Gasteiger partial charge is 0.129 e. The second-order valence-corrected chi connectivity index (χ2v) is 10.3. The van der Waals surface area contributed by atoms with Crippen molar-refractivity contribution in [2.45, 2.75) is 77.8 Å². The number of benzene rings is 1. The maximum absolute atomic E-state index is 5.24. The van der Waals surface area contributed by atoms with E-state index in [0.717, 1.165) is 25.8 Å². The number of nitrogens with one attached hydrogen (secondary N) is 1. The molecule has 2 nitrogen and oxygen atoms in total. The summed E-state index contributed by atoms with van der Waals surface area (Å²) in [5.41, 5.74) is 2.50. The normalized spacial score (nSPS) is 19.7. The van der Waals surface area contributed by atoms with Gasteiger partial charge in [0.05, 0.1) is 6.54 Å². The number of hydrogen-bond donors (Lipinski definition) is 1. The van der Waals surface area contributed by atoms with Crippen LogP contribution < -0.4 is 5.32 Å². The molecule has 0 unspecified atom stereocenters. The van der Waals surface area contributed by atoms with Gasteiger partial charge in [-0.15, -0.1) is 0 Å². The van der Waals surface area contributed by atoms with Crippen LogP contribution in [0.4, 0.5) is 0 Å².